The van der Waals surface area contributed by atoms with Gasteiger partial charge in [0.15, 0.2) is 68.5 Å². The van der Waals surface area contributed by atoms with Gasteiger partial charge >= 0.3 is 296 Å². The third-order valence-corrected chi connectivity index (χ3v) is 16.0. The zero-order chi connectivity index (χ0) is 68.7. The minimum absolute atomic E-state index is 0. The summed E-state index contributed by atoms with van der Waals surface area (Å²) in [5.41, 5.74) is 0. The van der Waals surface area contributed by atoms with E-state index in [0.29, 0.717) is 0 Å². The van der Waals surface area contributed by atoms with Crippen molar-refractivity contribution in [2.24, 2.45) is 0 Å². The molecule has 10 N–H and O–H groups in total. The van der Waals surface area contributed by atoms with Crippen LogP contribution in [0.2, 0.25) is 0 Å². The van der Waals surface area contributed by atoms with E-state index in [4.69, 9.17) is 42.6 Å². The van der Waals surface area contributed by atoms with Gasteiger partial charge in [-0.15, -0.1) is 0 Å². The van der Waals surface area contributed by atoms with E-state index in [1.165, 1.54) is 0 Å². The monoisotopic (exact) mass is 1710 g/mol. The predicted octanol–water partition coefficient (Wildman–Crippen LogP) is -49.8. The number of hydrogen-bond acceptors (Lipinski definition) is 49. The van der Waals surface area contributed by atoms with Gasteiger partial charge in [-0.2, -0.15) is 0 Å². The van der Waals surface area contributed by atoms with Gasteiger partial charge in [0.1, 0.15) is 116 Å². The van der Waals surface area contributed by atoms with Crippen LogP contribution in [0.25, 0.3) is 0 Å². The summed E-state index contributed by atoms with van der Waals surface area (Å²) in [4.78, 5) is 25.4. The summed E-state index contributed by atoms with van der Waals surface area (Å²) in [7, 11) is -49.2. The molecule has 52 nitrogen and oxygen atoms in total. The molecule has 5 aliphatic heterocycles. The summed E-state index contributed by atoms with van der Waals surface area (Å²) in [5, 5.41) is 102. The van der Waals surface area contributed by atoms with Crippen LogP contribution in [0, 0.1) is 0 Å². The van der Waals surface area contributed by atoms with E-state index >= 15 is 0 Å². The largest absolute Gasteiger partial charge is 1.00 e. The molecule has 0 amide bonds. The molecule has 0 aliphatic carbocycles. The Bertz CT molecular complexity index is 3510. The third-order valence-electron chi connectivity index (χ3n) is 12.2. The smallest absolute Gasteiger partial charge is 0.735 e. The van der Waals surface area contributed by atoms with Gasteiger partial charge in [-0.25, -0.2) is 81.5 Å². The van der Waals surface area contributed by atoms with Crippen LogP contribution in [0.5, 0.6) is 0 Å². The molecule has 5 saturated heterocycles. The Morgan fingerprint density at radius 1 is 0.320 bits per heavy atom. The van der Waals surface area contributed by atoms with Crippen molar-refractivity contribution in [3.05, 3.63) is 0 Å². The SMILES string of the molecule is O=C([O-])C1O[C@@H](O[C@H]2C(O)C(NS(=O)(=O)[O-])[C@@H](O)O[C@H]2COS(=O)(=O)[O-])C(NS(=O)(=O)[O-])[C@@H](O)[C@@H]1O[C@@H]1OC(COS(=O)(=O)[O-])[C@@H](O[C@@H]2O[C@@H](C(=O)[O-])[C@@H](O[C@H]3O[C@@H](COS(=O)(=O)[O-])[C@@H](O)C(O)C3NS(=O)(=O)[O-])C(O)C2O)[C@H](OS(=O)(=O)[O-])C1OS(=O)(=O)[O-].[Na+].[Na+].[Na+].[Na+].[Na+].[Na+].[Na+].[Na+].[Na+].[Na+]. The van der Waals surface area contributed by atoms with Gasteiger partial charge in [-0.3, -0.25) is 20.9 Å². The number of carbonyl (C=O) groups excluding carboxylic acids is 2. The van der Waals surface area contributed by atoms with Gasteiger partial charge in [0, 0.05) is 0 Å². The number of carbonyl (C=O) groups is 2. The molecule has 0 aromatic rings. The van der Waals surface area contributed by atoms with Gasteiger partial charge in [-0.1, -0.05) is 0 Å². The van der Waals surface area contributed by atoms with Crippen molar-refractivity contribution in [3.8, 4) is 0 Å². The zero-order valence-electron chi connectivity index (χ0n) is 52.6. The second-order valence-electron chi connectivity index (χ2n) is 18.3. The Morgan fingerprint density at radius 3 is 1.03 bits per heavy atom. The molecule has 5 rings (SSSR count). The van der Waals surface area contributed by atoms with Crippen molar-refractivity contribution in [1.29, 1.82) is 0 Å². The normalized spacial score (nSPS) is 35.0. The van der Waals surface area contributed by atoms with Crippen LogP contribution in [0.1, 0.15) is 0 Å². The maximum absolute atomic E-state index is 12.8. The van der Waals surface area contributed by atoms with Gasteiger partial charge in [0.25, 0.3) is 0 Å². The fourth-order valence-corrected chi connectivity index (χ4v) is 12.4. The molecule has 10 unspecified atom stereocenters. The van der Waals surface area contributed by atoms with Gasteiger partial charge in [-0.05, 0) is 0 Å². The molecular weight excluding hydrogens is 1670 g/mol. The number of rotatable bonds is 29. The van der Waals surface area contributed by atoms with E-state index in [9.17, 15) is 159 Å². The first-order valence-corrected chi connectivity index (χ1v) is 33.9. The molecule has 528 valence electrons. The second kappa shape index (κ2) is 48.2. The molecule has 0 bridgehead atoms. The standard InChI is InChI=1S/C30H51N3O49S8.10Na/c34-10-4(1-69-86(54,55)56)73-27(8(11(10)35)32-84(48,49)50)77-19-14(38)15(39)29(80-22(19)25(42)43)76-17-6(3-71-88(60,61)62)74-30(23(82-90(66,67)68)20(17)81-89(63,64)65)78-18-13(37)9(33-85(51,52)53)28(79-21(18)24(40)41)75-16-5(2-70-87(57,58)59)72-26(44)7(12(16)36)31-83(45,46)47;;;;;;;;;;/h4-23,26-39,44H,1-3H2,(H,40,41)(H,42,43)(H,45,46,47)(H,48,49,50)(H,51,52,53)(H,54,55,56)(H,57,58,59)(H,60,61,62)(H,63,64,65)(H,66,67,68);;;;;;;;;;/q;10*+1/p-10/t4-,5-,6?,7?,8?,9?,10+,11?,12?,13+,14?,15?,16+,17+,18-,19-,20-,21?,22+,23?,26-,27+,28+,29+,30-;;;;;;;;;;/m0........../s1. The summed E-state index contributed by atoms with van der Waals surface area (Å²) in [5.74, 6) is -5.57. The van der Waals surface area contributed by atoms with E-state index < -0.39 is 268 Å². The number of aliphatic carboxylic acids is 2. The molecule has 25 atom stereocenters. The van der Waals surface area contributed by atoms with Crippen LogP contribution in [0.3, 0.4) is 0 Å². The van der Waals surface area contributed by atoms with Crippen molar-refractivity contribution >= 4 is 94.8 Å². The predicted molar refractivity (Wildman–Crippen MR) is 237 cm³/mol. The molecule has 0 aromatic carbocycles. The van der Waals surface area contributed by atoms with Crippen LogP contribution in [0.4, 0.5) is 0 Å². The summed E-state index contributed by atoms with van der Waals surface area (Å²) in [6.45, 7) is -5.54. The van der Waals surface area contributed by atoms with Crippen LogP contribution in [0.15, 0.2) is 0 Å². The quantitative estimate of drug-likeness (QED) is 0.0189. The first-order valence-electron chi connectivity index (χ1n) is 23.0. The number of ether oxygens (including phenoxy) is 9. The molecule has 5 aliphatic rings. The zero-order valence-corrected chi connectivity index (χ0v) is 79.1. The summed E-state index contributed by atoms with van der Waals surface area (Å²) >= 11 is 0. The molecule has 5 fully saturated rings. The van der Waals surface area contributed by atoms with E-state index in [2.05, 4.69) is 20.9 Å². The van der Waals surface area contributed by atoms with Crippen LogP contribution in [-0.4, -0.2) is 325 Å². The number of aliphatic hydroxyl groups excluding tert-OH is 7. The van der Waals surface area contributed by atoms with Crippen molar-refractivity contribution < 1.29 is 518 Å². The first kappa shape index (κ1) is 118. The third kappa shape index (κ3) is 37.7. The number of carboxylic acid groups (broad SMARTS) is 2. The van der Waals surface area contributed by atoms with Gasteiger partial charge < -0.3 is 135 Å². The molecular formula is C30H41N3Na10O49S8. The fourth-order valence-electron chi connectivity index (χ4n) is 8.74. The summed E-state index contributed by atoms with van der Waals surface area (Å²) < 4.78 is 352. The van der Waals surface area contributed by atoms with Gasteiger partial charge in [0.2, 0.25) is 52.0 Å². The number of aliphatic hydroxyl groups is 7. The molecule has 0 spiro atoms. The van der Waals surface area contributed by atoms with Crippen molar-refractivity contribution in [2.45, 2.75) is 153 Å². The molecule has 0 saturated carbocycles. The van der Waals surface area contributed by atoms with E-state index in [0.717, 1.165) is 14.2 Å². The fraction of sp³-hybridized carbons (Fsp3) is 0.933. The number of hydrogen-bond donors (Lipinski definition) is 10. The number of carboxylic acids is 2. The minimum atomic E-state index is -6.72. The van der Waals surface area contributed by atoms with Crippen LogP contribution >= 0.6 is 0 Å². The maximum atomic E-state index is 12.8. The Kier molecular flexibility index (Phi) is 57.0. The minimum Gasteiger partial charge on any atom is -0.735 e. The Morgan fingerprint density at radius 2 is 0.630 bits per heavy atom. The molecule has 0 aromatic heterocycles. The molecule has 70 heteroatoms. The molecule has 0 radical (unpaired) electrons. The number of nitrogens with one attached hydrogen (secondary N) is 3. The van der Waals surface area contributed by atoms with Crippen molar-refractivity contribution in [1.82, 2.24) is 14.2 Å². The average Bonchev–Trinajstić information content (AvgIpc) is 0.763. The Labute approximate surface area is 787 Å². The van der Waals surface area contributed by atoms with Gasteiger partial charge in [0.05, 0.1) is 31.8 Å². The first-order chi connectivity index (χ1) is 40.6. The van der Waals surface area contributed by atoms with E-state index in [1.54, 1.807) is 0 Å². The molecule has 5 heterocycles. The topological polar surface area (TPSA) is 845 Å². The Balaban J connectivity index is -0.00000221. The summed E-state index contributed by atoms with van der Waals surface area (Å²) in [6, 6.07) is -8.56. The second-order valence-corrected chi connectivity index (χ2v) is 26.9. The van der Waals surface area contributed by atoms with Crippen molar-refractivity contribution in [2.75, 3.05) is 19.8 Å². The summed E-state index contributed by atoms with van der Waals surface area (Å²) in [6.07, 6.45) is -68.0. The van der Waals surface area contributed by atoms with E-state index in [1.807, 2.05) is 0 Å². The average molecular weight is 1710 g/mol. The van der Waals surface area contributed by atoms with Crippen LogP contribution < -0.4 is 320 Å². The van der Waals surface area contributed by atoms with Crippen LogP contribution in [-0.2, 0) is 156 Å². The Hall–Kier alpha value is 7.26. The molecule has 100 heavy (non-hydrogen) atoms. The maximum Gasteiger partial charge on any atom is 1.00 e. The van der Waals surface area contributed by atoms with E-state index in [-0.39, 0.29) is 296 Å². The van der Waals surface area contributed by atoms with Crippen molar-refractivity contribution in [3.63, 3.8) is 0 Å².